The van der Waals surface area contributed by atoms with Gasteiger partial charge in [-0.15, -0.1) is 9.24 Å². The van der Waals surface area contributed by atoms with E-state index in [2.05, 4.69) is 43.0 Å². The molecule has 9 heteroatoms. The Balaban J connectivity index is 1.52. The van der Waals surface area contributed by atoms with Crippen LogP contribution in [0, 0.1) is 0 Å². The van der Waals surface area contributed by atoms with E-state index in [1.54, 1.807) is 0 Å². The zero-order valence-electron chi connectivity index (χ0n) is 19.6. The van der Waals surface area contributed by atoms with Crippen LogP contribution in [0.5, 0.6) is 6.01 Å². The number of aromatic nitrogens is 3. The summed E-state index contributed by atoms with van der Waals surface area (Å²) in [5.41, 5.74) is 2.66. The van der Waals surface area contributed by atoms with Crippen LogP contribution >= 0.6 is 20.8 Å². The number of hydrogen-bond acceptors (Lipinski definition) is 7. The molecule has 35 heavy (non-hydrogen) atoms. The van der Waals surface area contributed by atoms with E-state index in [1.807, 2.05) is 31.4 Å². The molecule has 2 aliphatic rings. The van der Waals surface area contributed by atoms with Crippen LogP contribution in [0.2, 0.25) is 5.02 Å². The van der Waals surface area contributed by atoms with Crippen molar-refractivity contribution in [2.45, 2.75) is 24.9 Å². The fourth-order valence-electron chi connectivity index (χ4n) is 5.30. The maximum Gasteiger partial charge on any atom is 0.319 e. The van der Waals surface area contributed by atoms with Crippen molar-refractivity contribution in [3.63, 3.8) is 0 Å². The van der Waals surface area contributed by atoms with E-state index in [4.69, 9.17) is 31.3 Å². The van der Waals surface area contributed by atoms with E-state index in [0.29, 0.717) is 29.7 Å². The van der Waals surface area contributed by atoms with Crippen molar-refractivity contribution < 1.29 is 4.74 Å². The highest BCUT2D eigenvalue weighted by molar-refractivity contribution is 7.28. The minimum atomic E-state index is 0.394. The number of fused-ring (bicyclic) bond motifs is 4. The Morgan fingerprint density at radius 2 is 1.91 bits per heavy atom. The van der Waals surface area contributed by atoms with Crippen LogP contribution in [-0.2, 0) is 0 Å². The summed E-state index contributed by atoms with van der Waals surface area (Å²) >= 11 is 6.64. The average Bonchev–Trinajstić information content (AvgIpc) is 3.21. The molecule has 2 saturated heterocycles. The molecular formula is C26H28ClN6OP. The number of ether oxygens (including phenoxy) is 1. The Labute approximate surface area is 211 Å². The Hall–Kier alpha value is -2.57. The van der Waals surface area contributed by atoms with Gasteiger partial charge in [-0.3, -0.25) is 4.98 Å². The van der Waals surface area contributed by atoms with Gasteiger partial charge in [0, 0.05) is 59.2 Å². The van der Waals surface area contributed by atoms with Gasteiger partial charge in [-0.25, -0.2) is 0 Å². The molecule has 2 aliphatic heterocycles. The lowest BCUT2D eigenvalue weighted by atomic mass is 10.0. The summed E-state index contributed by atoms with van der Waals surface area (Å²) < 4.78 is 5.97. The van der Waals surface area contributed by atoms with Gasteiger partial charge in [-0.05, 0) is 31.3 Å². The van der Waals surface area contributed by atoms with Gasteiger partial charge in [0.2, 0.25) is 0 Å². The normalized spacial score (nSPS) is 19.6. The van der Waals surface area contributed by atoms with Crippen molar-refractivity contribution in [1.82, 2.24) is 25.6 Å². The van der Waals surface area contributed by atoms with E-state index < -0.39 is 0 Å². The van der Waals surface area contributed by atoms with Gasteiger partial charge in [0.25, 0.3) is 0 Å². The first-order chi connectivity index (χ1) is 17.1. The van der Waals surface area contributed by atoms with Crippen LogP contribution in [0.3, 0.4) is 0 Å². The molecule has 0 spiro atoms. The van der Waals surface area contributed by atoms with Crippen LogP contribution < -0.4 is 25.6 Å². The summed E-state index contributed by atoms with van der Waals surface area (Å²) in [6.07, 6.45) is 4.31. The maximum absolute atomic E-state index is 6.64. The highest BCUT2D eigenvalue weighted by Crippen LogP contribution is 2.36. The van der Waals surface area contributed by atoms with Crippen LogP contribution in [0.15, 0.2) is 42.6 Å². The summed E-state index contributed by atoms with van der Waals surface area (Å²) in [6.45, 7) is 3.06. The number of piperazine rings is 1. The lowest BCUT2D eigenvalue weighted by Gasteiger charge is -2.34. The molecule has 4 heterocycles. The number of nitrogens with one attached hydrogen (secondary N) is 2. The summed E-state index contributed by atoms with van der Waals surface area (Å²) in [5.74, 6) is 0.895. The Bertz CT molecular complexity index is 1400. The zero-order valence-corrected chi connectivity index (χ0v) is 21.5. The predicted molar refractivity (Wildman–Crippen MR) is 146 cm³/mol. The van der Waals surface area contributed by atoms with Gasteiger partial charge in [-0.1, -0.05) is 41.9 Å². The van der Waals surface area contributed by atoms with Crippen molar-refractivity contribution >= 4 is 53.6 Å². The number of pyridine rings is 1. The molecule has 4 aromatic rings. The van der Waals surface area contributed by atoms with Crippen LogP contribution in [0.1, 0.15) is 12.8 Å². The molecule has 2 aromatic carbocycles. The van der Waals surface area contributed by atoms with Crippen molar-refractivity contribution in [3.8, 4) is 17.3 Å². The molecule has 0 amide bonds. The first-order valence-electron chi connectivity index (χ1n) is 12.0. The van der Waals surface area contributed by atoms with Gasteiger partial charge in [-0.2, -0.15) is 9.97 Å². The quantitative estimate of drug-likeness (QED) is 0.306. The van der Waals surface area contributed by atoms with E-state index in [0.717, 1.165) is 63.7 Å². The molecule has 2 N–H and O–H groups in total. The second-order valence-corrected chi connectivity index (χ2v) is 10.2. The number of hydrogen-bond donors (Lipinski definition) is 2. The van der Waals surface area contributed by atoms with Gasteiger partial charge in [0.15, 0.2) is 0 Å². The second kappa shape index (κ2) is 9.47. The first kappa shape index (κ1) is 22.9. The van der Waals surface area contributed by atoms with Gasteiger partial charge >= 0.3 is 6.01 Å². The number of benzene rings is 2. The van der Waals surface area contributed by atoms with E-state index in [9.17, 15) is 0 Å². The fourth-order valence-corrected chi connectivity index (χ4v) is 6.03. The van der Waals surface area contributed by atoms with Crippen molar-refractivity contribution in [1.29, 1.82) is 0 Å². The Kier molecular flexibility index (Phi) is 6.19. The molecule has 0 aliphatic carbocycles. The Morgan fingerprint density at radius 1 is 1.14 bits per heavy atom. The lowest BCUT2D eigenvalue weighted by molar-refractivity contribution is 0.294. The molecule has 2 fully saturated rings. The molecule has 180 valence electrons. The number of rotatable bonds is 6. The second-order valence-electron chi connectivity index (χ2n) is 9.25. The van der Waals surface area contributed by atoms with Crippen molar-refractivity contribution in [2.75, 3.05) is 38.2 Å². The monoisotopic (exact) mass is 506 g/mol. The van der Waals surface area contributed by atoms with Crippen molar-refractivity contribution in [3.05, 3.63) is 47.6 Å². The lowest BCUT2D eigenvalue weighted by Crippen LogP contribution is -2.51. The van der Waals surface area contributed by atoms with Gasteiger partial charge in [0.1, 0.15) is 12.4 Å². The molecule has 2 aromatic heterocycles. The standard InChI is InChI=1S/C26H28ClN6OP/c1-28-10-11-34-26-31-23-19(25(32-26)33-13-16-8-9-17(14-33)30-16)12-29-22(24(23)35)18-6-2-4-15-5-3-7-20(27)21(15)18/h2-7,12,16-17,28,30H,8-11,13-14,35H2,1H3. The third-order valence-electron chi connectivity index (χ3n) is 6.95. The summed E-state index contributed by atoms with van der Waals surface area (Å²) in [7, 11) is 4.77. The fraction of sp³-hybridized carbons (Fsp3) is 0.346. The minimum Gasteiger partial charge on any atom is -0.462 e. The number of anilines is 1. The highest BCUT2D eigenvalue weighted by Gasteiger charge is 2.34. The predicted octanol–water partition coefficient (Wildman–Crippen LogP) is 3.54. The van der Waals surface area contributed by atoms with Gasteiger partial charge < -0.3 is 20.3 Å². The third-order valence-corrected chi connectivity index (χ3v) is 7.81. The Morgan fingerprint density at radius 3 is 2.69 bits per heavy atom. The first-order valence-corrected chi connectivity index (χ1v) is 13.0. The number of halogens is 1. The molecular weight excluding hydrogens is 479 g/mol. The van der Waals surface area contributed by atoms with Gasteiger partial charge in [0.05, 0.1) is 16.6 Å². The molecule has 3 unspecified atom stereocenters. The largest absolute Gasteiger partial charge is 0.462 e. The summed E-state index contributed by atoms with van der Waals surface area (Å²) in [4.78, 5) is 17.0. The van der Waals surface area contributed by atoms with E-state index in [-0.39, 0.29) is 0 Å². The van der Waals surface area contributed by atoms with Crippen LogP contribution in [-0.4, -0.2) is 60.3 Å². The number of likely N-dealkylation sites (N-methyl/N-ethyl adjacent to an activating group) is 1. The zero-order chi connectivity index (χ0) is 23.9. The molecule has 3 atom stereocenters. The molecule has 7 nitrogen and oxygen atoms in total. The molecule has 0 saturated carbocycles. The molecule has 0 radical (unpaired) electrons. The van der Waals surface area contributed by atoms with Crippen LogP contribution in [0.25, 0.3) is 32.9 Å². The minimum absolute atomic E-state index is 0.394. The summed E-state index contributed by atoms with van der Waals surface area (Å²) in [6, 6.07) is 13.5. The average molecular weight is 507 g/mol. The highest BCUT2D eigenvalue weighted by atomic mass is 35.5. The third kappa shape index (κ3) is 4.21. The molecule has 6 rings (SSSR count). The SMILES string of the molecule is CNCCOc1nc(N2CC3CCC(C2)N3)c2cnc(-c3cccc4cccc(Cl)c34)c(P)c2n1. The maximum atomic E-state index is 6.64. The van der Waals surface area contributed by atoms with Crippen molar-refractivity contribution in [2.24, 2.45) is 0 Å². The van der Waals surface area contributed by atoms with E-state index in [1.165, 1.54) is 12.8 Å². The smallest absolute Gasteiger partial charge is 0.319 e. The summed E-state index contributed by atoms with van der Waals surface area (Å²) in [5, 5.41) is 11.4. The van der Waals surface area contributed by atoms with Crippen LogP contribution in [0.4, 0.5) is 5.82 Å². The number of nitrogens with zero attached hydrogens (tertiary/aromatic N) is 4. The van der Waals surface area contributed by atoms with E-state index >= 15 is 0 Å². The topological polar surface area (TPSA) is 75.2 Å². The molecule has 2 bridgehead atoms.